The van der Waals surface area contributed by atoms with E-state index in [9.17, 15) is 4.39 Å². The Morgan fingerprint density at radius 2 is 2.18 bits per heavy atom. The van der Waals surface area contributed by atoms with Crippen molar-refractivity contribution in [3.05, 3.63) is 48.2 Å². The van der Waals surface area contributed by atoms with Crippen LogP contribution in [0.3, 0.4) is 0 Å². The summed E-state index contributed by atoms with van der Waals surface area (Å²) in [6.07, 6.45) is 3.78. The lowest BCUT2D eigenvalue weighted by atomic mass is 10.2. The number of fused-ring (bicyclic) bond motifs is 1. The molecule has 0 aliphatic heterocycles. The van der Waals surface area contributed by atoms with E-state index in [0.717, 1.165) is 16.6 Å². The molecule has 2 heterocycles. The van der Waals surface area contributed by atoms with Gasteiger partial charge in [0.15, 0.2) is 0 Å². The topological polar surface area (TPSA) is 35.6 Å². The lowest BCUT2D eigenvalue weighted by Crippen LogP contribution is -1.98. The van der Waals surface area contributed by atoms with Gasteiger partial charge in [-0.25, -0.2) is 4.39 Å². The quantitative estimate of drug-likeness (QED) is 0.674. The zero-order valence-corrected chi connectivity index (χ0v) is 9.34. The summed E-state index contributed by atoms with van der Waals surface area (Å²) in [7, 11) is 1.82. The smallest absolute Gasteiger partial charge is 0.125 e. The fourth-order valence-electron chi connectivity index (χ4n) is 1.94. The third kappa shape index (κ3) is 1.80. The highest BCUT2D eigenvalue weighted by Gasteiger charge is 2.05. The first-order valence-corrected chi connectivity index (χ1v) is 5.32. The van der Waals surface area contributed by atoms with Gasteiger partial charge in [0, 0.05) is 19.4 Å². The Morgan fingerprint density at radius 3 is 2.94 bits per heavy atom. The monoisotopic (exact) mass is 230 g/mol. The van der Waals surface area contributed by atoms with Gasteiger partial charge in [0.2, 0.25) is 0 Å². The van der Waals surface area contributed by atoms with Gasteiger partial charge in [0.05, 0.1) is 12.1 Å². The zero-order chi connectivity index (χ0) is 11.8. The molecule has 0 fully saturated rings. The van der Waals surface area contributed by atoms with Gasteiger partial charge in [-0.05, 0) is 29.7 Å². The minimum atomic E-state index is -0.225. The maximum Gasteiger partial charge on any atom is 0.125 e. The van der Waals surface area contributed by atoms with Crippen molar-refractivity contribution in [2.45, 2.75) is 6.54 Å². The number of nitrogens with zero attached hydrogens (tertiary/aromatic N) is 4. The zero-order valence-electron chi connectivity index (χ0n) is 9.34. The molecule has 4 nitrogen and oxygen atoms in total. The molecule has 0 bridgehead atoms. The van der Waals surface area contributed by atoms with Gasteiger partial charge in [-0.1, -0.05) is 5.21 Å². The number of aromatic nitrogens is 4. The summed E-state index contributed by atoms with van der Waals surface area (Å²) in [4.78, 5) is 0. The average molecular weight is 230 g/mol. The molecule has 0 saturated carbocycles. The molecule has 0 saturated heterocycles. The minimum absolute atomic E-state index is 0.225. The Morgan fingerprint density at radius 1 is 1.29 bits per heavy atom. The molecule has 0 amide bonds. The van der Waals surface area contributed by atoms with Crippen LogP contribution in [0.1, 0.15) is 5.69 Å². The molecule has 3 aromatic rings. The molecule has 5 heteroatoms. The van der Waals surface area contributed by atoms with Gasteiger partial charge in [0.25, 0.3) is 0 Å². The van der Waals surface area contributed by atoms with Crippen molar-refractivity contribution in [2.24, 2.45) is 7.05 Å². The van der Waals surface area contributed by atoms with Gasteiger partial charge in [-0.2, -0.15) is 0 Å². The van der Waals surface area contributed by atoms with Crippen LogP contribution in [0.5, 0.6) is 0 Å². The predicted octanol–water partition coefficient (Wildman–Crippen LogP) is 1.96. The van der Waals surface area contributed by atoms with Crippen molar-refractivity contribution in [3.63, 3.8) is 0 Å². The van der Waals surface area contributed by atoms with Gasteiger partial charge < -0.3 is 4.57 Å². The first kappa shape index (κ1) is 10.0. The normalized spacial score (nSPS) is 11.2. The molecule has 0 aliphatic carbocycles. The molecule has 17 heavy (non-hydrogen) atoms. The Hall–Kier alpha value is -2.17. The molecule has 2 aromatic heterocycles. The lowest BCUT2D eigenvalue weighted by molar-refractivity contribution is 0.628. The van der Waals surface area contributed by atoms with E-state index in [4.69, 9.17) is 0 Å². The second-order valence-electron chi connectivity index (χ2n) is 4.03. The Labute approximate surface area is 97.3 Å². The van der Waals surface area contributed by atoms with Crippen LogP contribution in [-0.4, -0.2) is 19.6 Å². The van der Waals surface area contributed by atoms with Crippen LogP contribution in [0, 0.1) is 5.82 Å². The highest BCUT2D eigenvalue weighted by molar-refractivity contribution is 5.80. The van der Waals surface area contributed by atoms with Gasteiger partial charge >= 0.3 is 0 Å². The molecule has 0 N–H and O–H groups in total. The molecule has 0 radical (unpaired) electrons. The van der Waals surface area contributed by atoms with Crippen LogP contribution in [-0.2, 0) is 13.6 Å². The van der Waals surface area contributed by atoms with Crippen molar-refractivity contribution >= 4 is 10.9 Å². The molecule has 0 atom stereocenters. The van der Waals surface area contributed by atoms with E-state index in [-0.39, 0.29) is 5.82 Å². The molecular weight excluding hydrogens is 219 g/mol. The van der Waals surface area contributed by atoms with Crippen molar-refractivity contribution in [3.8, 4) is 0 Å². The average Bonchev–Trinajstić information content (AvgIpc) is 2.87. The third-order valence-corrected chi connectivity index (χ3v) is 2.72. The fraction of sp³-hybridized carbons (Fsp3) is 0.167. The van der Waals surface area contributed by atoms with Crippen LogP contribution < -0.4 is 0 Å². The number of benzene rings is 1. The highest BCUT2D eigenvalue weighted by atomic mass is 19.1. The van der Waals surface area contributed by atoms with Crippen LogP contribution in [0.2, 0.25) is 0 Å². The molecule has 86 valence electrons. The Bertz CT molecular complexity index is 668. The van der Waals surface area contributed by atoms with Crippen molar-refractivity contribution in [2.75, 3.05) is 0 Å². The Kier molecular flexibility index (Phi) is 2.18. The lowest BCUT2D eigenvalue weighted by Gasteiger charge is -2.02. The first-order chi connectivity index (χ1) is 8.22. The van der Waals surface area contributed by atoms with Crippen molar-refractivity contribution < 1.29 is 4.39 Å². The summed E-state index contributed by atoms with van der Waals surface area (Å²) in [5.41, 5.74) is 1.73. The van der Waals surface area contributed by atoms with E-state index in [1.807, 2.05) is 30.1 Å². The first-order valence-electron chi connectivity index (χ1n) is 5.32. The van der Waals surface area contributed by atoms with Crippen LogP contribution in [0.25, 0.3) is 10.9 Å². The van der Waals surface area contributed by atoms with E-state index in [0.29, 0.717) is 6.54 Å². The summed E-state index contributed by atoms with van der Waals surface area (Å²) >= 11 is 0. The summed E-state index contributed by atoms with van der Waals surface area (Å²) in [6, 6.07) is 6.74. The number of rotatable bonds is 2. The SMILES string of the molecule is Cn1cc(Cn2ccc3ccc(F)cc32)nn1. The van der Waals surface area contributed by atoms with Crippen LogP contribution in [0.15, 0.2) is 36.7 Å². The van der Waals surface area contributed by atoms with Crippen molar-refractivity contribution in [1.82, 2.24) is 19.6 Å². The molecule has 0 unspecified atom stereocenters. The van der Waals surface area contributed by atoms with E-state index in [1.54, 1.807) is 10.7 Å². The van der Waals surface area contributed by atoms with Crippen LogP contribution >= 0.6 is 0 Å². The fourth-order valence-corrected chi connectivity index (χ4v) is 1.94. The van der Waals surface area contributed by atoms with Gasteiger partial charge in [-0.3, -0.25) is 4.68 Å². The van der Waals surface area contributed by atoms with Crippen molar-refractivity contribution in [1.29, 1.82) is 0 Å². The largest absolute Gasteiger partial charge is 0.341 e. The maximum atomic E-state index is 13.2. The summed E-state index contributed by atoms with van der Waals surface area (Å²) in [6.45, 7) is 0.598. The molecular formula is C12H11FN4. The van der Waals surface area contributed by atoms with Gasteiger partial charge in [0.1, 0.15) is 11.5 Å². The highest BCUT2D eigenvalue weighted by Crippen LogP contribution is 2.17. The molecule has 0 aliphatic rings. The van der Waals surface area contributed by atoms with Crippen LogP contribution in [0.4, 0.5) is 4.39 Å². The molecule has 0 spiro atoms. The van der Waals surface area contributed by atoms with E-state index < -0.39 is 0 Å². The number of halogens is 1. The molecule has 3 rings (SSSR count). The predicted molar refractivity (Wildman–Crippen MR) is 62.0 cm³/mol. The Balaban J connectivity index is 2.03. The summed E-state index contributed by atoms with van der Waals surface area (Å²) < 4.78 is 16.8. The standard InChI is InChI=1S/C12H11FN4/c1-16-7-11(14-15-16)8-17-5-4-9-2-3-10(13)6-12(9)17/h2-7H,8H2,1H3. The second-order valence-corrected chi connectivity index (χ2v) is 4.03. The van der Waals surface area contributed by atoms with E-state index >= 15 is 0 Å². The van der Waals surface area contributed by atoms with Gasteiger partial charge in [-0.15, -0.1) is 5.10 Å². The molecule has 1 aromatic carbocycles. The summed E-state index contributed by atoms with van der Waals surface area (Å²) in [5.74, 6) is -0.225. The van der Waals surface area contributed by atoms with E-state index in [2.05, 4.69) is 10.3 Å². The summed E-state index contributed by atoms with van der Waals surface area (Å²) in [5, 5.41) is 8.92. The minimum Gasteiger partial charge on any atom is -0.341 e. The third-order valence-electron chi connectivity index (χ3n) is 2.72. The number of hydrogen-bond acceptors (Lipinski definition) is 2. The van der Waals surface area contributed by atoms with E-state index in [1.165, 1.54) is 12.1 Å². The maximum absolute atomic E-state index is 13.2. The second kappa shape index (κ2) is 3.69. The number of hydrogen-bond donors (Lipinski definition) is 0. The number of aryl methyl sites for hydroxylation is 1.